The van der Waals surface area contributed by atoms with E-state index in [-0.39, 0.29) is 43.7 Å². The molecule has 0 radical (unpaired) electrons. The quantitative estimate of drug-likeness (QED) is 0.788. The summed E-state index contributed by atoms with van der Waals surface area (Å²) >= 11 is 12.3. The maximum Gasteiger partial charge on any atom is 0.337 e. The summed E-state index contributed by atoms with van der Waals surface area (Å²) in [6.45, 7) is 0. The molecule has 0 aliphatic heterocycles. The first-order valence-electron chi connectivity index (χ1n) is 6.29. The van der Waals surface area contributed by atoms with Crippen molar-refractivity contribution in [2.24, 2.45) is 0 Å². The third-order valence-corrected chi connectivity index (χ3v) is 3.78. The number of aromatic amines is 1. The van der Waals surface area contributed by atoms with Crippen molar-refractivity contribution in [1.29, 1.82) is 10.5 Å². The highest BCUT2D eigenvalue weighted by molar-refractivity contribution is 6.40. The molecule has 0 unspecified atom stereocenters. The summed E-state index contributed by atoms with van der Waals surface area (Å²) in [6.07, 6.45) is 0. The summed E-state index contributed by atoms with van der Waals surface area (Å²) in [7, 11) is 1.19. The topological polar surface area (TPSA) is 133 Å². The molecule has 0 spiro atoms. The molecule has 0 amide bonds. The highest BCUT2D eigenvalue weighted by Gasteiger charge is 2.23. The van der Waals surface area contributed by atoms with Gasteiger partial charge in [-0.15, -0.1) is 0 Å². The SMILES string of the molecule is COC(=O)c1cc(Cl)c(-c2c(C#N)c(N)[nH]c(=O)c2C#N)c(Cl)c1. The number of ether oxygens (including phenoxy) is 1. The van der Waals surface area contributed by atoms with Gasteiger partial charge in [0.05, 0.1) is 22.7 Å². The number of methoxy groups -OCH3 is 1. The summed E-state index contributed by atoms with van der Waals surface area (Å²) in [5.41, 5.74) is 4.38. The minimum atomic E-state index is -0.784. The lowest BCUT2D eigenvalue weighted by molar-refractivity contribution is 0.0601. The number of carbonyl (C=O) groups is 1. The van der Waals surface area contributed by atoms with Crippen LogP contribution in [0.3, 0.4) is 0 Å². The number of nitrogens with one attached hydrogen (secondary N) is 1. The van der Waals surface area contributed by atoms with Crippen LogP contribution >= 0.6 is 23.2 Å². The fourth-order valence-corrected chi connectivity index (χ4v) is 2.82. The second-order valence-corrected chi connectivity index (χ2v) is 5.34. The Bertz CT molecular complexity index is 976. The summed E-state index contributed by atoms with van der Waals surface area (Å²) in [5.74, 6) is -0.891. The Kier molecular flexibility index (Phi) is 4.79. The predicted molar refractivity (Wildman–Crippen MR) is 87.7 cm³/mol. The van der Waals surface area contributed by atoms with Gasteiger partial charge < -0.3 is 15.5 Å². The van der Waals surface area contributed by atoms with Gasteiger partial charge in [0.25, 0.3) is 5.56 Å². The molecule has 0 bridgehead atoms. The second-order valence-electron chi connectivity index (χ2n) is 4.52. The van der Waals surface area contributed by atoms with Crippen LogP contribution in [0.25, 0.3) is 11.1 Å². The number of esters is 1. The number of nitrogens with zero attached hydrogens (tertiary/aromatic N) is 2. The molecule has 2 aromatic rings. The van der Waals surface area contributed by atoms with Crippen LogP contribution in [0.1, 0.15) is 21.5 Å². The number of hydrogen-bond donors (Lipinski definition) is 2. The molecule has 0 aliphatic carbocycles. The fourth-order valence-electron chi connectivity index (χ4n) is 2.14. The number of hydrogen-bond acceptors (Lipinski definition) is 6. The molecule has 120 valence electrons. The molecule has 0 aliphatic rings. The van der Waals surface area contributed by atoms with E-state index in [1.165, 1.54) is 19.2 Å². The normalized spacial score (nSPS) is 9.88. The van der Waals surface area contributed by atoms with Crippen molar-refractivity contribution in [1.82, 2.24) is 4.98 Å². The zero-order valence-electron chi connectivity index (χ0n) is 12.1. The van der Waals surface area contributed by atoms with E-state index in [4.69, 9.17) is 28.9 Å². The summed E-state index contributed by atoms with van der Waals surface area (Å²) < 4.78 is 4.58. The van der Waals surface area contributed by atoms with Crippen LogP contribution < -0.4 is 11.3 Å². The monoisotopic (exact) mass is 362 g/mol. The lowest BCUT2D eigenvalue weighted by atomic mass is 9.95. The minimum absolute atomic E-state index is 0.0408. The lowest BCUT2D eigenvalue weighted by Gasteiger charge is -2.13. The summed E-state index contributed by atoms with van der Waals surface area (Å²) in [6, 6.07) is 6.04. The van der Waals surface area contributed by atoms with Crippen molar-refractivity contribution in [2.45, 2.75) is 0 Å². The third-order valence-electron chi connectivity index (χ3n) is 3.18. The molecule has 0 saturated carbocycles. The highest BCUT2D eigenvalue weighted by atomic mass is 35.5. The Labute approximate surface area is 145 Å². The van der Waals surface area contributed by atoms with Crippen LogP contribution in [-0.2, 0) is 4.74 Å². The van der Waals surface area contributed by atoms with Gasteiger partial charge in [0.15, 0.2) is 0 Å². The first kappa shape index (κ1) is 17.4. The molecule has 7 nitrogen and oxygen atoms in total. The van der Waals surface area contributed by atoms with Gasteiger partial charge in [0.2, 0.25) is 0 Å². The zero-order chi connectivity index (χ0) is 18.0. The lowest BCUT2D eigenvalue weighted by Crippen LogP contribution is -2.16. The number of rotatable bonds is 2. The van der Waals surface area contributed by atoms with Crippen molar-refractivity contribution < 1.29 is 9.53 Å². The van der Waals surface area contributed by atoms with E-state index < -0.39 is 11.5 Å². The fraction of sp³-hybridized carbons (Fsp3) is 0.0667. The van der Waals surface area contributed by atoms with Crippen LogP contribution in [0.4, 0.5) is 5.82 Å². The molecular formula is C15H8Cl2N4O3. The molecule has 1 aromatic heterocycles. The molecule has 9 heteroatoms. The maximum atomic E-state index is 11.9. The van der Waals surface area contributed by atoms with E-state index in [1.807, 2.05) is 6.07 Å². The van der Waals surface area contributed by atoms with Gasteiger partial charge in [-0.1, -0.05) is 23.2 Å². The van der Waals surface area contributed by atoms with Crippen LogP contribution in [-0.4, -0.2) is 18.1 Å². The molecular weight excluding hydrogens is 355 g/mol. The Morgan fingerprint density at radius 1 is 1.17 bits per heavy atom. The predicted octanol–water partition coefficient (Wildman–Crippen LogP) is 2.46. The maximum absolute atomic E-state index is 11.9. The zero-order valence-corrected chi connectivity index (χ0v) is 13.6. The average Bonchev–Trinajstić information content (AvgIpc) is 2.53. The molecule has 0 atom stereocenters. The Morgan fingerprint density at radius 2 is 1.71 bits per heavy atom. The molecule has 24 heavy (non-hydrogen) atoms. The molecule has 2 rings (SSSR count). The Balaban J connectivity index is 2.94. The van der Waals surface area contributed by atoms with E-state index in [9.17, 15) is 20.1 Å². The van der Waals surface area contributed by atoms with E-state index in [0.717, 1.165) is 0 Å². The standard InChI is InChI=1S/C15H8Cl2N4O3/c1-24-15(23)6-2-9(16)12(10(17)3-6)11-7(4-18)13(20)21-14(22)8(11)5-19/h2-3H,1H3,(H3,20,21,22). The number of H-pyrrole nitrogens is 1. The van der Waals surface area contributed by atoms with E-state index in [2.05, 4.69) is 9.72 Å². The van der Waals surface area contributed by atoms with Gasteiger partial charge in [-0.05, 0) is 12.1 Å². The Hall–Kier alpha value is -3.00. The largest absolute Gasteiger partial charge is 0.465 e. The van der Waals surface area contributed by atoms with E-state index in [1.54, 1.807) is 6.07 Å². The number of anilines is 1. The van der Waals surface area contributed by atoms with Crippen LogP contribution in [0.5, 0.6) is 0 Å². The molecule has 1 heterocycles. The van der Waals surface area contributed by atoms with Gasteiger partial charge >= 0.3 is 5.97 Å². The van der Waals surface area contributed by atoms with Gasteiger partial charge in [0, 0.05) is 11.1 Å². The summed E-state index contributed by atoms with van der Waals surface area (Å²) in [5, 5.41) is 18.5. The van der Waals surface area contributed by atoms with E-state index >= 15 is 0 Å². The first-order valence-corrected chi connectivity index (χ1v) is 7.05. The number of carbonyl (C=O) groups excluding carboxylic acids is 1. The number of nitrogens with two attached hydrogens (primary N) is 1. The number of benzene rings is 1. The van der Waals surface area contributed by atoms with Gasteiger partial charge in [0.1, 0.15) is 29.1 Å². The van der Waals surface area contributed by atoms with Crippen molar-refractivity contribution in [3.05, 3.63) is 49.2 Å². The van der Waals surface area contributed by atoms with Crippen molar-refractivity contribution in [3.63, 3.8) is 0 Å². The minimum Gasteiger partial charge on any atom is -0.465 e. The van der Waals surface area contributed by atoms with Crippen molar-refractivity contribution in [3.8, 4) is 23.3 Å². The molecule has 0 saturated heterocycles. The first-order chi connectivity index (χ1) is 11.3. The van der Waals surface area contributed by atoms with E-state index in [0.29, 0.717) is 0 Å². The van der Waals surface area contributed by atoms with Crippen molar-refractivity contribution >= 4 is 35.0 Å². The number of aromatic nitrogens is 1. The number of halogens is 2. The van der Waals surface area contributed by atoms with Gasteiger partial charge in [-0.25, -0.2) is 4.79 Å². The number of pyridine rings is 1. The van der Waals surface area contributed by atoms with Crippen LogP contribution in [0.2, 0.25) is 10.0 Å². The molecule has 3 N–H and O–H groups in total. The number of nitrogen functional groups attached to an aromatic ring is 1. The second kappa shape index (κ2) is 6.63. The molecule has 0 fully saturated rings. The Morgan fingerprint density at radius 3 is 2.17 bits per heavy atom. The third kappa shape index (κ3) is 2.79. The highest BCUT2D eigenvalue weighted by Crippen LogP contribution is 2.39. The summed E-state index contributed by atoms with van der Waals surface area (Å²) in [4.78, 5) is 25.8. The van der Waals surface area contributed by atoms with Gasteiger partial charge in [-0.3, -0.25) is 4.79 Å². The number of nitriles is 2. The van der Waals surface area contributed by atoms with Crippen LogP contribution in [0.15, 0.2) is 16.9 Å². The average molecular weight is 363 g/mol. The van der Waals surface area contributed by atoms with Crippen LogP contribution in [0, 0.1) is 22.7 Å². The van der Waals surface area contributed by atoms with Crippen molar-refractivity contribution in [2.75, 3.05) is 12.8 Å². The molecule has 1 aromatic carbocycles. The van der Waals surface area contributed by atoms with Gasteiger partial charge in [-0.2, -0.15) is 10.5 Å². The smallest absolute Gasteiger partial charge is 0.337 e.